The Morgan fingerprint density at radius 3 is 2.87 bits per heavy atom. The van der Waals surface area contributed by atoms with E-state index in [4.69, 9.17) is 4.18 Å². The summed E-state index contributed by atoms with van der Waals surface area (Å²) in [6.07, 6.45) is 2.61. The van der Waals surface area contributed by atoms with Gasteiger partial charge in [-0.2, -0.15) is 13.5 Å². The van der Waals surface area contributed by atoms with Crippen LogP contribution >= 0.6 is 0 Å². The van der Waals surface area contributed by atoms with Crippen LogP contribution in [0.2, 0.25) is 0 Å². The lowest BCUT2D eigenvalue weighted by Crippen LogP contribution is -2.49. The van der Waals surface area contributed by atoms with Crippen molar-refractivity contribution in [3.8, 4) is 0 Å². The molecule has 2 aromatic rings. The molecular formula is C13H13F2N3O4S. The van der Waals surface area contributed by atoms with E-state index in [1.165, 1.54) is 23.4 Å². The molecule has 10 heteroatoms. The zero-order chi connectivity index (χ0) is 16.7. The van der Waals surface area contributed by atoms with E-state index >= 15 is 0 Å². The standard InChI is InChI=1S/C13H13F2N3O4S/c1-9-5-21-23(19,20)22-13(9,6-18-8-16-7-17-18)11-3-2-10(14)4-12(11)15/h2-4,7-9H,5-6H2,1H3/t9-,13+/m0/s1. The first-order valence-corrected chi connectivity index (χ1v) is 8.04. The molecule has 0 unspecified atom stereocenters. The summed E-state index contributed by atoms with van der Waals surface area (Å²) < 4.78 is 62.3. The third-order valence-corrected chi connectivity index (χ3v) is 4.69. The maximum Gasteiger partial charge on any atom is 0.400 e. The molecule has 7 nitrogen and oxygen atoms in total. The van der Waals surface area contributed by atoms with Gasteiger partial charge in [0.25, 0.3) is 0 Å². The molecule has 0 amide bonds. The van der Waals surface area contributed by atoms with Gasteiger partial charge in [-0.25, -0.2) is 26.8 Å². The second-order valence-corrected chi connectivity index (χ2v) is 6.50. The molecule has 1 aliphatic heterocycles. The van der Waals surface area contributed by atoms with Crippen molar-refractivity contribution in [2.24, 2.45) is 5.92 Å². The average Bonchev–Trinajstić information content (AvgIpc) is 2.95. The molecule has 0 N–H and O–H groups in total. The van der Waals surface area contributed by atoms with Crippen molar-refractivity contribution in [2.75, 3.05) is 6.61 Å². The van der Waals surface area contributed by atoms with Gasteiger partial charge < -0.3 is 0 Å². The highest BCUT2D eigenvalue weighted by atomic mass is 32.3. The summed E-state index contributed by atoms with van der Waals surface area (Å²) in [6.45, 7) is 1.32. The number of benzene rings is 1. The summed E-state index contributed by atoms with van der Waals surface area (Å²) in [5.74, 6) is -2.23. The van der Waals surface area contributed by atoms with Gasteiger partial charge in [0, 0.05) is 17.5 Å². The molecule has 2 heterocycles. The first kappa shape index (κ1) is 16.0. The summed E-state index contributed by atoms with van der Waals surface area (Å²) in [5, 5.41) is 3.90. The van der Waals surface area contributed by atoms with E-state index in [0.29, 0.717) is 6.07 Å². The largest absolute Gasteiger partial charge is 0.400 e. The number of aromatic nitrogens is 3. The molecule has 3 rings (SSSR count). The molecule has 1 saturated heterocycles. The maximum absolute atomic E-state index is 14.3. The van der Waals surface area contributed by atoms with Crippen LogP contribution < -0.4 is 0 Å². The van der Waals surface area contributed by atoms with Gasteiger partial charge in [-0.15, -0.1) is 0 Å². The van der Waals surface area contributed by atoms with Crippen LogP contribution in [0.1, 0.15) is 12.5 Å². The van der Waals surface area contributed by atoms with Crippen molar-refractivity contribution in [1.29, 1.82) is 0 Å². The molecule has 0 bridgehead atoms. The topological polar surface area (TPSA) is 83.3 Å². The fourth-order valence-electron chi connectivity index (χ4n) is 2.57. The number of halogens is 2. The summed E-state index contributed by atoms with van der Waals surface area (Å²) in [7, 11) is -4.32. The molecular weight excluding hydrogens is 332 g/mol. The predicted molar refractivity (Wildman–Crippen MR) is 73.2 cm³/mol. The molecule has 0 aliphatic carbocycles. The van der Waals surface area contributed by atoms with Crippen molar-refractivity contribution in [3.63, 3.8) is 0 Å². The van der Waals surface area contributed by atoms with Gasteiger partial charge >= 0.3 is 10.4 Å². The predicted octanol–water partition coefficient (Wildman–Crippen LogP) is 1.38. The van der Waals surface area contributed by atoms with Gasteiger partial charge in [-0.05, 0) is 6.07 Å². The minimum Gasteiger partial charge on any atom is -0.250 e. The van der Waals surface area contributed by atoms with Gasteiger partial charge in [0.2, 0.25) is 0 Å². The number of hydrogen-bond donors (Lipinski definition) is 0. The van der Waals surface area contributed by atoms with Gasteiger partial charge in [-0.3, -0.25) is 0 Å². The molecule has 1 fully saturated rings. The Hall–Kier alpha value is -1.91. The van der Waals surface area contributed by atoms with Crippen molar-refractivity contribution < 1.29 is 25.6 Å². The van der Waals surface area contributed by atoms with Crippen LogP contribution in [0.3, 0.4) is 0 Å². The van der Waals surface area contributed by atoms with Crippen LogP contribution in [0.25, 0.3) is 0 Å². The molecule has 1 aliphatic rings. The van der Waals surface area contributed by atoms with Gasteiger partial charge in [-0.1, -0.05) is 13.0 Å². The third kappa shape index (κ3) is 2.96. The molecule has 124 valence electrons. The highest BCUT2D eigenvalue weighted by Gasteiger charge is 2.50. The molecule has 0 saturated carbocycles. The van der Waals surface area contributed by atoms with Crippen LogP contribution in [0.4, 0.5) is 8.78 Å². The van der Waals surface area contributed by atoms with Gasteiger partial charge in [0.05, 0.1) is 13.2 Å². The number of hydrogen-bond acceptors (Lipinski definition) is 6. The molecule has 1 aromatic heterocycles. The Morgan fingerprint density at radius 1 is 1.43 bits per heavy atom. The zero-order valence-corrected chi connectivity index (χ0v) is 12.8. The first-order valence-electron chi connectivity index (χ1n) is 6.70. The molecule has 1 aromatic carbocycles. The smallest absolute Gasteiger partial charge is 0.250 e. The lowest BCUT2D eigenvalue weighted by atomic mass is 9.82. The van der Waals surface area contributed by atoms with Crippen molar-refractivity contribution >= 4 is 10.4 Å². The Balaban J connectivity index is 2.16. The summed E-state index contributed by atoms with van der Waals surface area (Å²) in [6, 6.07) is 2.88. The second-order valence-electron chi connectivity index (χ2n) is 5.28. The number of rotatable bonds is 3. The number of nitrogens with zero attached hydrogens (tertiary/aromatic N) is 3. The zero-order valence-electron chi connectivity index (χ0n) is 12.0. The Kier molecular flexibility index (Phi) is 3.90. The maximum atomic E-state index is 14.3. The normalized spacial score (nSPS) is 27.0. The molecule has 2 atom stereocenters. The van der Waals surface area contributed by atoms with Crippen molar-refractivity contribution in [2.45, 2.75) is 19.1 Å². The van der Waals surface area contributed by atoms with Gasteiger partial charge in [0.1, 0.15) is 29.9 Å². The van der Waals surface area contributed by atoms with Crippen molar-refractivity contribution in [1.82, 2.24) is 14.8 Å². The molecule has 23 heavy (non-hydrogen) atoms. The quantitative estimate of drug-likeness (QED) is 0.836. The Bertz CT molecular complexity index is 813. The average molecular weight is 345 g/mol. The third-order valence-electron chi connectivity index (χ3n) is 3.76. The fourth-order valence-corrected chi connectivity index (χ4v) is 3.66. The van der Waals surface area contributed by atoms with E-state index in [1.807, 2.05) is 0 Å². The highest BCUT2D eigenvalue weighted by Crippen LogP contribution is 2.42. The lowest BCUT2D eigenvalue weighted by molar-refractivity contribution is -0.0675. The van der Waals surface area contributed by atoms with E-state index in [1.54, 1.807) is 6.92 Å². The van der Waals surface area contributed by atoms with Gasteiger partial charge in [0.15, 0.2) is 0 Å². The van der Waals surface area contributed by atoms with Crippen LogP contribution in [-0.2, 0) is 30.9 Å². The molecule has 0 spiro atoms. The minimum absolute atomic E-state index is 0.0891. The summed E-state index contributed by atoms with van der Waals surface area (Å²) in [5.41, 5.74) is -1.71. The monoisotopic (exact) mass is 345 g/mol. The fraction of sp³-hybridized carbons (Fsp3) is 0.385. The van der Waals surface area contributed by atoms with Crippen LogP contribution in [-0.4, -0.2) is 29.8 Å². The first-order chi connectivity index (χ1) is 10.8. The minimum atomic E-state index is -4.32. The Labute approximate surface area is 131 Å². The molecule has 0 radical (unpaired) electrons. The van der Waals surface area contributed by atoms with E-state index in [-0.39, 0.29) is 18.7 Å². The van der Waals surface area contributed by atoms with Crippen LogP contribution in [0, 0.1) is 17.6 Å². The van der Waals surface area contributed by atoms with Crippen molar-refractivity contribution in [3.05, 3.63) is 48.1 Å². The van der Waals surface area contributed by atoms with E-state index in [2.05, 4.69) is 14.3 Å². The Morgan fingerprint density at radius 2 is 2.22 bits per heavy atom. The summed E-state index contributed by atoms with van der Waals surface area (Å²) in [4.78, 5) is 3.77. The van der Waals surface area contributed by atoms with Crippen LogP contribution in [0.15, 0.2) is 30.9 Å². The van der Waals surface area contributed by atoms with Crippen LogP contribution in [0.5, 0.6) is 0 Å². The van der Waals surface area contributed by atoms with E-state index in [0.717, 1.165) is 6.07 Å². The lowest BCUT2D eigenvalue weighted by Gasteiger charge is -2.40. The second kappa shape index (κ2) is 5.62. The van der Waals surface area contributed by atoms with E-state index in [9.17, 15) is 17.2 Å². The van der Waals surface area contributed by atoms with E-state index < -0.39 is 33.6 Å². The summed E-state index contributed by atoms with van der Waals surface area (Å²) >= 11 is 0. The SMILES string of the molecule is C[C@H]1COS(=O)(=O)O[C@@]1(Cn1cncn1)c1ccc(F)cc1F. The highest BCUT2D eigenvalue weighted by molar-refractivity contribution is 7.81.